The van der Waals surface area contributed by atoms with Gasteiger partial charge in [-0.1, -0.05) is 12.1 Å². The van der Waals surface area contributed by atoms with Crippen molar-refractivity contribution in [1.82, 2.24) is 19.4 Å². The number of carbonyl (C=O) groups excluding carboxylic acids is 1. The van der Waals surface area contributed by atoms with Gasteiger partial charge in [0.1, 0.15) is 0 Å². The van der Waals surface area contributed by atoms with Crippen LogP contribution in [0.5, 0.6) is 0 Å². The molecule has 1 aromatic carbocycles. The standard InChI is InChI=1S/C20H20N4OS/c25-20(13-19(16-7-12-26-14-16)23-9-3-4-10-23)21-8-11-24-15-22-17-5-1-2-6-18(17)24/h1-7,9-10,12,14-15,19H,8,11,13H2,(H,21,25)/t19-/m0/s1. The van der Waals surface area contributed by atoms with E-state index in [9.17, 15) is 4.79 Å². The highest BCUT2D eigenvalue weighted by Crippen LogP contribution is 2.24. The molecule has 132 valence electrons. The fourth-order valence-corrected chi connectivity index (χ4v) is 3.87. The Balaban J connectivity index is 1.37. The van der Waals surface area contributed by atoms with Gasteiger partial charge in [0.05, 0.1) is 29.8 Å². The lowest BCUT2D eigenvalue weighted by molar-refractivity contribution is -0.121. The molecule has 0 radical (unpaired) electrons. The molecule has 0 bridgehead atoms. The van der Waals surface area contributed by atoms with Gasteiger partial charge in [0.15, 0.2) is 0 Å². The number of benzene rings is 1. The molecular weight excluding hydrogens is 344 g/mol. The molecule has 0 saturated carbocycles. The summed E-state index contributed by atoms with van der Waals surface area (Å²) in [5.41, 5.74) is 3.23. The lowest BCUT2D eigenvalue weighted by Gasteiger charge is -2.18. The molecule has 0 aliphatic rings. The number of nitrogens with one attached hydrogen (secondary N) is 1. The van der Waals surface area contributed by atoms with Gasteiger partial charge in [-0.2, -0.15) is 11.3 Å². The lowest BCUT2D eigenvalue weighted by atomic mass is 10.1. The number of nitrogens with zero attached hydrogens (tertiary/aromatic N) is 3. The first-order chi connectivity index (χ1) is 12.8. The van der Waals surface area contributed by atoms with Crippen molar-refractivity contribution in [3.8, 4) is 0 Å². The summed E-state index contributed by atoms with van der Waals surface area (Å²) in [5.74, 6) is 0.0549. The smallest absolute Gasteiger partial charge is 0.222 e. The number of para-hydroxylation sites is 2. The molecular formula is C20H20N4OS. The molecule has 3 aromatic heterocycles. The summed E-state index contributed by atoms with van der Waals surface area (Å²) in [5, 5.41) is 7.20. The highest BCUT2D eigenvalue weighted by molar-refractivity contribution is 7.08. The first-order valence-corrected chi connectivity index (χ1v) is 9.56. The van der Waals surface area contributed by atoms with Crippen molar-refractivity contribution in [1.29, 1.82) is 0 Å². The average molecular weight is 364 g/mol. The first kappa shape index (κ1) is 16.6. The van der Waals surface area contributed by atoms with Gasteiger partial charge < -0.3 is 14.5 Å². The van der Waals surface area contributed by atoms with Crippen LogP contribution in [0.25, 0.3) is 11.0 Å². The fourth-order valence-electron chi connectivity index (χ4n) is 3.17. The lowest BCUT2D eigenvalue weighted by Crippen LogP contribution is -2.29. The maximum absolute atomic E-state index is 12.5. The number of carbonyl (C=O) groups is 1. The van der Waals surface area contributed by atoms with Crippen molar-refractivity contribution >= 4 is 28.3 Å². The molecule has 0 unspecified atom stereocenters. The molecule has 0 saturated heterocycles. The van der Waals surface area contributed by atoms with E-state index < -0.39 is 0 Å². The zero-order valence-corrected chi connectivity index (χ0v) is 15.1. The van der Waals surface area contributed by atoms with E-state index in [-0.39, 0.29) is 11.9 Å². The van der Waals surface area contributed by atoms with Gasteiger partial charge in [-0.15, -0.1) is 0 Å². The van der Waals surface area contributed by atoms with Crippen molar-refractivity contribution in [3.63, 3.8) is 0 Å². The van der Waals surface area contributed by atoms with E-state index >= 15 is 0 Å². The van der Waals surface area contributed by atoms with Crippen LogP contribution < -0.4 is 5.32 Å². The van der Waals surface area contributed by atoms with Crippen LogP contribution in [0.4, 0.5) is 0 Å². The summed E-state index contributed by atoms with van der Waals surface area (Å²) >= 11 is 1.65. The molecule has 0 aliphatic carbocycles. The summed E-state index contributed by atoms with van der Waals surface area (Å²) < 4.78 is 4.16. The molecule has 1 atom stereocenters. The third-order valence-electron chi connectivity index (χ3n) is 4.50. The second-order valence-electron chi connectivity index (χ2n) is 6.18. The third-order valence-corrected chi connectivity index (χ3v) is 5.20. The minimum atomic E-state index is 0.0327. The number of hydrogen-bond donors (Lipinski definition) is 1. The van der Waals surface area contributed by atoms with E-state index in [2.05, 4.69) is 30.9 Å². The average Bonchev–Trinajstić information content (AvgIpc) is 3.41. The van der Waals surface area contributed by atoms with Crippen molar-refractivity contribution in [2.24, 2.45) is 0 Å². The van der Waals surface area contributed by atoms with Gasteiger partial charge in [0.25, 0.3) is 0 Å². The van der Waals surface area contributed by atoms with Crippen LogP contribution in [0.1, 0.15) is 18.0 Å². The predicted molar refractivity (Wildman–Crippen MR) is 104 cm³/mol. The van der Waals surface area contributed by atoms with Gasteiger partial charge in [-0.3, -0.25) is 4.79 Å². The number of aromatic nitrogens is 3. The van der Waals surface area contributed by atoms with E-state index in [1.807, 2.05) is 60.5 Å². The van der Waals surface area contributed by atoms with Crippen LogP contribution in [0, 0.1) is 0 Å². The van der Waals surface area contributed by atoms with Crippen molar-refractivity contribution in [2.75, 3.05) is 6.54 Å². The maximum Gasteiger partial charge on any atom is 0.222 e. The van der Waals surface area contributed by atoms with E-state index in [4.69, 9.17) is 0 Å². The topological polar surface area (TPSA) is 51.9 Å². The summed E-state index contributed by atoms with van der Waals surface area (Å²) in [4.78, 5) is 16.9. The zero-order valence-electron chi connectivity index (χ0n) is 14.3. The number of rotatable bonds is 7. The number of thiophene rings is 1. The zero-order chi connectivity index (χ0) is 17.8. The Hall–Kier alpha value is -2.86. The van der Waals surface area contributed by atoms with Crippen LogP contribution in [-0.2, 0) is 11.3 Å². The maximum atomic E-state index is 12.5. The Labute approximate surface area is 155 Å². The van der Waals surface area contributed by atoms with Crippen molar-refractivity contribution in [2.45, 2.75) is 19.0 Å². The van der Waals surface area contributed by atoms with Crippen molar-refractivity contribution in [3.05, 3.63) is 77.5 Å². The number of hydrogen-bond acceptors (Lipinski definition) is 3. The van der Waals surface area contributed by atoms with Gasteiger partial charge in [-0.25, -0.2) is 4.98 Å². The van der Waals surface area contributed by atoms with Gasteiger partial charge >= 0.3 is 0 Å². The molecule has 26 heavy (non-hydrogen) atoms. The van der Waals surface area contributed by atoms with Crippen LogP contribution in [0.15, 0.2) is 71.9 Å². The second-order valence-corrected chi connectivity index (χ2v) is 6.96. The number of imidazole rings is 1. The van der Waals surface area contributed by atoms with E-state index in [1.54, 1.807) is 11.3 Å². The largest absolute Gasteiger partial charge is 0.354 e. The Bertz CT molecular complexity index is 938. The summed E-state index contributed by atoms with van der Waals surface area (Å²) in [6.45, 7) is 1.29. The molecule has 0 fully saturated rings. The molecule has 0 spiro atoms. The van der Waals surface area contributed by atoms with E-state index in [0.29, 0.717) is 19.5 Å². The molecule has 4 rings (SSSR count). The molecule has 5 nitrogen and oxygen atoms in total. The second kappa shape index (κ2) is 7.58. The molecule has 3 heterocycles. The monoisotopic (exact) mass is 364 g/mol. The summed E-state index contributed by atoms with van der Waals surface area (Å²) in [7, 11) is 0. The van der Waals surface area contributed by atoms with Gasteiger partial charge in [-0.05, 0) is 46.7 Å². The Kier molecular flexibility index (Phi) is 4.84. The summed E-state index contributed by atoms with van der Waals surface area (Å²) in [6, 6.07) is 14.1. The molecule has 6 heteroatoms. The number of amides is 1. The highest BCUT2D eigenvalue weighted by atomic mass is 32.1. The molecule has 1 amide bonds. The first-order valence-electron chi connectivity index (χ1n) is 8.62. The Morgan fingerprint density at radius 2 is 2.00 bits per heavy atom. The normalized spacial score (nSPS) is 12.3. The summed E-state index contributed by atoms with van der Waals surface area (Å²) in [6.07, 6.45) is 6.27. The van der Waals surface area contributed by atoms with E-state index in [0.717, 1.165) is 11.0 Å². The predicted octanol–water partition coefficient (Wildman–Crippen LogP) is 3.70. The van der Waals surface area contributed by atoms with E-state index in [1.165, 1.54) is 5.56 Å². The van der Waals surface area contributed by atoms with Crippen LogP contribution in [0.2, 0.25) is 0 Å². The highest BCUT2D eigenvalue weighted by Gasteiger charge is 2.17. The number of fused-ring (bicyclic) bond motifs is 1. The van der Waals surface area contributed by atoms with Gasteiger partial charge in [0.2, 0.25) is 5.91 Å². The SMILES string of the molecule is O=C(C[C@@H](c1ccsc1)n1cccc1)NCCn1cnc2ccccc21. The quantitative estimate of drug-likeness (QED) is 0.544. The fraction of sp³-hybridized carbons (Fsp3) is 0.200. The van der Waals surface area contributed by atoms with Crippen LogP contribution in [-0.4, -0.2) is 26.6 Å². The third kappa shape index (κ3) is 3.55. The molecule has 1 N–H and O–H groups in total. The molecule has 4 aromatic rings. The van der Waals surface area contributed by atoms with Crippen LogP contribution >= 0.6 is 11.3 Å². The minimum Gasteiger partial charge on any atom is -0.354 e. The van der Waals surface area contributed by atoms with Gasteiger partial charge in [0, 0.05) is 25.5 Å². The van der Waals surface area contributed by atoms with Crippen LogP contribution in [0.3, 0.4) is 0 Å². The Morgan fingerprint density at radius 1 is 1.15 bits per heavy atom. The molecule has 0 aliphatic heterocycles. The minimum absolute atomic E-state index is 0.0327. The Morgan fingerprint density at radius 3 is 2.81 bits per heavy atom. The van der Waals surface area contributed by atoms with Crippen molar-refractivity contribution < 1.29 is 4.79 Å².